The van der Waals surface area contributed by atoms with Crippen LogP contribution in [0, 0.1) is 0 Å². The minimum Gasteiger partial charge on any atom is -0.493 e. The van der Waals surface area contributed by atoms with Crippen molar-refractivity contribution in [3.05, 3.63) is 52.5 Å². The highest BCUT2D eigenvalue weighted by Crippen LogP contribution is 2.38. The molecule has 2 aromatic rings. The molecule has 0 aliphatic rings. The SMILES string of the molecule is COc1cc(C(=O)NCC(=O)c2cccc(Cl)c2)cc(OC)c1OC. The number of halogens is 1. The lowest BCUT2D eigenvalue weighted by Crippen LogP contribution is -2.29. The number of benzene rings is 2. The van der Waals surface area contributed by atoms with Crippen LogP contribution in [0.15, 0.2) is 36.4 Å². The van der Waals surface area contributed by atoms with Crippen LogP contribution in [0.25, 0.3) is 0 Å². The summed E-state index contributed by atoms with van der Waals surface area (Å²) in [5, 5.41) is 3.03. The Labute approximate surface area is 150 Å². The molecule has 0 spiro atoms. The Morgan fingerprint density at radius 3 is 2.12 bits per heavy atom. The number of rotatable bonds is 7. The van der Waals surface area contributed by atoms with Crippen LogP contribution in [0.2, 0.25) is 5.02 Å². The first-order valence-corrected chi connectivity index (χ1v) is 7.75. The van der Waals surface area contributed by atoms with Gasteiger partial charge in [0.1, 0.15) is 0 Å². The van der Waals surface area contributed by atoms with Gasteiger partial charge < -0.3 is 19.5 Å². The molecule has 0 heterocycles. The summed E-state index contributed by atoms with van der Waals surface area (Å²) in [5.41, 5.74) is 0.714. The summed E-state index contributed by atoms with van der Waals surface area (Å²) in [6, 6.07) is 9.57. The third kappa shape index (κ3) is 4.42. The Morgan fingerprint density at radius 1 is 0.960 bits per heavy atom. The second-order valence-corrected chi connectivity index (χ2v) is 5.47. The normalized spacial score (nSPS) is 10.1. The lowest BCUT2D eigenvalue weighted by atomic mass is 10.1. The monoisotopic (exact) mass is 363 g/mol. The molecule has 0 aliphatic carbocycles. The number of Topliss-reactive ketones (excluding diaryl/α,β-unsaturated/α-hetero) is 1. The Bertz CT molecular complexity index is 766. The largest absolute Gasteiger partial charge is 0.493 e. The first-order valence-electron chi connectivity index (χ1n) is 7.37. The van der Waals surface area contributed by atoms with Gasteiger partial charge in [0.15, 0.2) is 17.3 Å². The summed E-state index contributed by atoms with van der Waals surface area (Å²) in [5.74, 6) is 0.413. The van der Waals surface area contributed by atoms with Crippen molar-refractivity contribution in [2.45, 2.75) is 0 Å². The van der Waals surface area contributed by atoms with Crippen LogP contribution in [0.5, 0.6) is 17.2 Å². The molecule has 0 radical (unpaired) electrons. The highest BCUT2D eigenvalue weighted by atomic mass is 35.5. The summed E-state index contributed by atoms with van der Waals surface area (Å²) in [6.07, 6.45) is 0. The van der Waals surface area contributed by atoms with E-state index in [1.165, 1.54) is 33.5 Å². The number of amides is 1. The lowest BCUT2D eigenvalue weighted by Gasteiger charge is -2.14. The zero-order valence-corrected chi connectivity index (χ0v) is 14.8. The van der Waals surface area contributed by atoms with Crippen molar-refractivity contribution in [3.63, 3.8) is 0 Å². The van der Waals surface area contributed by atoms with Gasteiger partial charge in [-0.15, -0.1) is 0 Å². The Kier molecular flexibility index (Phi) is 6.25. The van der Waals surface area contributed by atoms with E-state index < -0.39 is 5.91 Å². The van der Waals surface area contributed by atoms with Gasteiger partial charge in [0.2, 0.25) is 5.75 Å². The topological polar surface area (TPSA) is 73.9 Å². The summed E-state index contributed by atoms with van der Waals surface area (Å²) < 4.78 is 15.6. The molecular formula is C18H18ClNO5. The first kappa shape index (κ1) is 18.6. The summed E-state index contributed by atoms with van der Waals surface area (Å²) in [7, 11) is 4.40. The van der Waals surface area contributed by atoms with E-state index in [0.29, 0.717) is 27.8 Å². The molecule has 0 fully saturated rings. The van der Waals surface area contributed by atoms with Gasteiger partial charge in [-0.1, -0.05) is 23.7 Å². The maximum Gasteiger partial charge on any atom is 0.251 e. The second kappa shape index (κ2) is 8.39. The number of hydrogen-bond donors (Lipinski definition) is 1. The third-order valence-corrected chi connectivity index (χ3v) is 3.72. The highest BCUT2D eigenvalue weighted by molar-refractivity contribution is 6.31. The third-order valence-electron chi connectivity index (χ3n) is 3.48. The van der Waals surface area contributed by atoms with Gasteiger partial charge in [-0.25, -0.2) is 0 Å². The van der Waals surface area contributed by atoms with Gasteiger partial charge in [-0.3, -0.25) is 9.59 Å². The minimum absolute atomic E-state index is 0.157. The average Bonchev–Trinajstić information content (AvgIpc) is 2.64. The van der Waals surface area contributed by atoms with Crippen molar-refractivity contribution in [1.82, 2.24) is 5.32 Å². The summed E-state index contributed by atoms with van der Waals surface area (Å²) in [4.78, 5) is 24.5. The van der Waals surface area contributed by atoms with Crippen molar-refractivity contribution in [2.24, 2.45) is 0 Å². The molecule has 6 nitrogen and oxygen atoms in total. The van der Waals surface area contributed by atoms with E-state index in [2.05, 4.69) is 5.32 Å². The van der Waals surface area contributed by atoms with E-state index in [4.69, 9.17) is 25.8 Å². The summed E-state index contributed by atoms with van der Waals surface area (Å²) >= 11 is 5.86. The molecule has 0 aliphatic heterocycles. The van der Waals surface area contributed by atoms with Crippen LogP contribution in [-0.2, 0) is 0 Å². The van der Waals surface area contributed by atoms with Crippen molar-refractivity contribution in [1.29, 1.82) is 0 Å². The van der Waals surface area contributed by atoms with Crippen molar-refractivity contribution < 1.29 is 23.8 Å². The molecule has 0 saturated heterocycles. The van der Waals surface area contributed by atoms with E-state index in [0.717, 1.165) is 0 Å². The number of methoxy groups -OCH3 is 3. The highest BCUT2D eigenvalue weighted by Gasteiger charge is 2.17. The molecule has 2 aromatic carbocycles. The van der Waals surface area contributed by atoms with Crippen LogP contribution in [-0.4, -0.2) is 39.6 Å². The van der Waals surface area contributed by atoms with E-state index in [-0.39, 0.29) is 17.9 Å². The number of nitrogens with one attached hydrogen (secondary N) is 1. The van der Waals surface area contributed by atoms with Crippen molar-refractivity contribution >= 4 is 23.3 Å². The van der Waals surface area contributed by atoms with E-state index in [1.54, 1.807) is 24.3 Å². The van der Waals surface area contributed by atoms with Crippen molar-refractivity contribution in [3.8, 4) is 17.2 Å². The zero-order valence-electron chi connectivity index (χ0n) is 14.1. The molecule has 0 saturated carbocycles. The maximum atomic E-state index is 12.3. The molecule has 0 unspecified atom stereocenters. The van der Waals surface area contributed by atoms with E-state index in [9.17, 15) is 9.59 Å². The average molecular weight is 364 g/mol. The zero-order chi connectivity index (χ0) is 18.4. The van der Waals surface area contributed by atoms with Gasteiger partial charge in [-0.05, 0) is 24.3 Å². The standard InChI is InChI=1S/C18H18ClNO5/c1-23-15-8-12(9-16(24-2)17(15)25-3)18(22)20-10-14(21)11-5-4-6-13(19)7-11/h4-9H,10H2,1-3H3,(H,20,22). The van der Waals surface area contributed by atoms with Crippen LogP contribution < -0.4 is 19.5 Å². The number of ketones is 1. The number of hydrogen-bond acceptors (Lipinski definition) is 5. The Hall–Kier alpha value is -2.73. The fraction of sp³-hybridized carbons (Fsp3) is 0.222. The van der Waals surface area contributed by atoms with Gasteiger partial charge in [0.25, 0.3) is 5.91 Å². The fourth-order valence-electron chi connectivity index (χ4n) is 2.24. The Morgan fingerprint density at radius 2 is 1.60 bits per heavy atom. The van der Waals surface area contributed by atoms with E-state index >= 15 is 0 Å². The second-order valence-electron chi connectivity index (χ2n) is 5.03. The van der Waals surface area contributed by atoms with Gasteiger partial charge in [0, 0.05) is 16.1 Å². The molecule has 1 N–H and O–H groups in total. The van der Waals surface area contributed by atoms with Gasteiger partial charge in [0.05, 0.1) is 27.9 Å². The molecule has 7 heteroatoms. The molecule has 0 bridgehead atoms. The molecule has 1 amide bonds. The van der Waals surface area contributed by atoms with Crippen LogP contribution in [0.4, 0.5) is 0 Å². The molecule has 25 heavy (non-hydrogen) atoms. The molecule has 2 rings (SSSR count). The number of carbonyl (C=O) groups is 2. The van der Waals surface area contributed by atoms with Crippen LogP contribution in [0.1, 0.15) is 20.7 Å². The molecule has 0 aromatic heterocycles. The maximum absolute atomic E-state index is 12.3. The summed E-state index contributed by atoms with van der Waals surface area (Å²) in [6.45, 7) is -0.157. The van der Waals surface area contributed by atoms with Crippen LogP contribution in [0.3, 0.4) is 0 Å². The predicted octanol–water partition coefficient (Wildman–Crippen LogP) is 2.98. The Balaban J connectivity index is 2.14. The van der Waals surface area contributed by atoms with Gasteiger partial charge >= 0.3 is 0 Å². The van der Waals surface area contributed by atoms with E-state index in [1.807, 2.05) is 0 Å². The fourth-order valence-corrected chi connectivity index (χ4v) is 2.43. The lowest BCUT2D eigenvalue weighted by molar-refractivity contribution is 0.0903. The first-order chi connectivity index (χ1) is 12.0. The van der Waals surface area contributed by atoms with Crippen LogP contribution >= 0.6 is 11.6 Å². The molecular weight excluding hydrogens is 346 g/mol. The number of carbonyl (C=O) groups excluding carboxylic acids is 2. The quantitative estimate of drug-likeness (QED) is 0.765. The van der Waals surface area contributed by atoms with Crippen molar-refractivity contribution in [2.75, 3.05) is 27.9 Å². The molecule has 0 atom stereocenters. The predicted molar refractivity (Wildman–Crippen MR) is 94.2 cm³/mol. The molecule has 132 valence electrons. The minimum atomic E-state index is -0.436. The van der Waals surface area contributed by atoms with Gasteiger partial charge in [-0.2, -0.15) is 0 Å². The number of ether oxygens (including phenoxy) is 3. The smallest absolute Gasteiger partial charge is 0.251 e.